The standard InChI is InChI=1S/C12H27NO/c1-5-7-8-9-11(3)13-12(6-2)10-14-4/h11-13H,5-10H2,1-4H3. The Morgan fingerprint density at radius 1 is 1.21 bits per heavy atom. The van der Waals surface area contributed by atoms with Gasteiger partial charge in [0.25, 0.3) is 0 Å². The first-order valence-corrected chi connectivity index (χ1v) is 5.99. The highest BCUT2D eigenvalue weighted by atomic mass is 16.5. The molecular weight excluding hydrogens is 174 g/mol. The van der Waals surface area contributed by atoms with Crippen molar-refractivity contribution >= 4 is 0 Å². The van der Waals surface area contributed by atoms with Crippen LogP contribution in [0.25, 0.3) is 0 Å². The Hall–Kier alpha value is -0.0800. The van der Waals surface area contributed by atoms with Crippen molar-refractivity contribution in [3.8, 4) is 0 Å². The number of rotatable bonds is 9. The van der Waals surface area contributed by atoms with Gasteiger partial charge in [-0.3, -0.25) is 0 Å². The molecule has 0 aliphatic carbocycles. The van der Waals surface area contributed by atoms with Crippen LogP contribution in [0.2, 0.25) is 0 Å². The summed E-state index contributed by atoms with van der Waals surface area (Å²) < 4.78 is 5.16. The lowest BCUT2D eigenvalue weighted by Crippen LogP contribution is -2.39. The van der Waals surface area contributed by atoms with E-state index < -0.39 is 0 Å². The van der Waals surface area contributed by atoms with E-state index in [-0.39, 0.29) is 0 Å². The molecule has 0 spiro atoms. The van der Waals surface area contributed by atoms with E-state index >= 15 is 0 Å². The predicted molar refractivity (Wildman–Crippen MR) is 62.7 cm³/mol. The van der Waals surface area contributed by atoms with Crippen LogP contribution < -0.4 is 5.32 Å². The van der Waals surface area contributed by atoms with Crippen LogP contribution in [-0.4, -0.2) is 25.8 Å². The van der Waals surface area contributed by atoms with Crippen LogP contribution in [-0.2, 0) is 4.74 Å². The van der Waals surface area contributed by atoms with Gasteiger partial charge in [0.05, 0.1) is 6.61 Å². The zero-order valence-electron chi connectivity index (χ0n) is 10.3. The molecule has 0 aromatic carbocycles. The molecule has 0 rings (SSSR count). The van der Waals surface area contributed by atoms with E-state index in [2.05, 4.69) is 26.1 Å². The van der Waals surface area contributed by atoms with Crippen molar-refractivity contribution in [1.82, 2.24) is 5.32 Å². The molecule has 0 aliphatic heterocycles. The quantitative estimate of drug-likeness (QED) is 0.579. The van der Waals surface area contributed by atoms with Gasteiger partial charge in [-0.2, -0.15) is 0 Å². The lowest BCUT2D eigenvalue weighted by Gasteiger charge is -2.21. The maximum Gasteiger partial charge on any atom is 0.0615 e. The van der Waals surface area contributed by atoms with Gasteiger partial charge in [-0.15, -0.1) is 0 Å². The van der Waals surface area contributed by atoms with Crippen LogP contribution in [0.1, 0.15) is 52.9 Å². The monoisotopic (exact) mass is 201 g/mol. The number of methoxy groups -OCH3 is 1. The first kappa shape index (κ1) is 13.9. The zero-order valence-corrected chi connectivity index (χ0v) is 10.3. The van der Waals surface area contributed by atoms with E-state index in [9.17, 15) is 0 Å². The first-order valence-electron chi connectivity index (χ1n) is 5.99. The van der Waals surface area contributed by atoms with Crippen molar-refractivity contribution < 1.29 is 4.74 Å². The maximum absolute atomic E-state index is 5.16. The van der Waals surface area contributed by atoms with E-state index in [1.807, 2.05) is 0 Å². The second kappa shape index (κ2) is 9.47. The van der Waals surface area contributed by atoms with E-state index in [0.717, 1.165) is 13.0 Å². The summed E-state index contributed by atoms with van der Waals surface area (Å²) in [5.74, 6) is 0. The lowest BCUT2D eigenvalue weighted by molar-refractivity contribution is 0.158. The average molecular weight is 201 g/mol. The minimum Gasteiger partial charge on any atom is -0.383 e. The van der Waals surface area contributed by atoms with Crippen LogP contribution >= 0.6 is 0 Å². The molecule has 0 saturated heterocycles. The second-order valence-corrected chi connectivity index (χ2v) is 4.12. The number of ether oxygens (including phenoxy) is 1. The summed E-state index contributed by atoms with van der Waals surface area (Å²) in [6, 6.07) is 1.15. The van der Waals surface area contributed by atoms with Crippen LogP contribution in [0.5, 0.6) is 0 Å². The minimum absolute atomic E-state index is 0.525. The fourth-order valence-corrected chi connectivity index (χ4v) is 1.67. The molecule has 0 amide bonds. The smallest absolute Gasteiger partial charge is 0.0615 e. The maximum atomic E-state index is 5.16. The minimum atomic E-state index is 0.525. The summed E-state index contributed by atoms with van der Waals surface area (Å²) in [4.78, 5) is 0. The van der Waals surface area contributed by atoms with Gasteiger partial charge in [0.1, 0.15) is 0 Å². The van der Waals surface area contributed by atoms with Crippen molar-refractivity contribution in [2.24, 2.45) is 0 Å². The largest absolute Gasteiger partial charge is 0.383 e. The van der Waals surface area contributed by atoms with E-state index in [4.69, 9.17) is 4.74 Å². The molecule has 0 radical (unpaired) electrons. The number of nitrogens with one attached hydrogen (secondary N) is 1. The Bertz CT molecular complexity index is 117. The second-order valence-electron chi connectivity index (χ2n) is 4.12. The number of hydrogen-bond donors (Lipinski definition) is 1. The fraction of sp³-hybridized carbons (Fsp3) is 1.00. The van der Waals surface area contributed by atoms with Gasteiger partial charge in [0.15, 0.2) is 0 Å². The van der Waals surface area contributed by atoms with Crippen molar-refractivity contribution in [3.05, 3.63) is 0 Å². The third kappa shape index (κ3) is 7.34. The summed E-state index contributed by atoms with van der Waals surface area (Å²) >= 11 is 0. The summed E-state index contributed by atoms with van der Waals surface area (Å²) in [5.41, 5.74) is 0. The predicted octanol–water partition coefficient (Wildman–Crippen LogP) is 2.97. The van der Waals surface area contributed by atoms with E-state index in [1.165, 1.54) is 25.7 Å². The van der Waals surface area contributed by atoms with Gasteiger partial charge < -0.3 is 10.1 Å². The highest BCUT2D eigenvalue weighted by Gasteiger charge is 2.08. The zero-order chi connectivity index (χ0) is 10.8. The molecule has 0 saturated carbocycles. The first-order chi connectivity index (χ1) is 6.74. The molecule has 1 N–H and O–H groups in total. The Kier molecular flexibility index (Phi) is 9.42. The number of hydrogen-bond acceptors (Lipinski definition) is 2. The third-order valence-electron chi connectivity index (χ3n) is 2.62. The molecule has 86 valence electrons. The topological polar surface area (TPSA) is 21.3 Å². The van der Waals surface area contributed by atoms with Gasteiger partial charge in [-0.25, -0.2) is 0 Å². The Balaban J connectivity index is 3.51. The van der Waals surface area contributed by atoms with Crippen molar-refractivity contribution in [3.63, 3.8) is 0 Å². The fourth-order valence-electron chi connectivity index (χ4n) is 1.67. The van der Waals surface area contributed by atoms with Gasteiger partial charge in [0.2, 0.25) is 0 Å². The average Bonchev–Trinajstić information content (AvgIpc) is 2.17. The molecule has 0 aromatic rings. The van der Waals surface area contributed by atoms with Gasteiger partial charge in [-0.05, 0) is 19.8 Å². The van der Waals surface area contributed by atoms with E-state index in [1.54, 1.807) is 7.11 Å². The summed E-state index contributed by atoms with van der Waals surface area (Å²) in [5, 5.41) is 3.60. The highest BCUT2D eigenvalue weighted by molar-refractivity contribution is 4.69. The molecule has 2 heteroatoms. The van der Waals surface area contributed by atoms with Gasteiger partial charge in [-0.1, -0.05) is 33.1 Å². The molecule has 0 aliphatic rings. The molecule has 0 heterocycles. The molecule has 14 heavy (non-hydrogen) atoms. The summed E-state index contributed by atoms with van der Waals surface area (Å²) in [6.45, 7) is 7.55. The Morgan fingerprint density at radius 2 is 1.93 bits per heavy atom. The van der Waals surface area contributed by atoms with Crippen LogP contribution in [0.3, 0.4) is 0 Å². The Morgan fingerprint density at radius 3 is 2.43 bits per heavy atom. The van der Waals surface area contributed by atoms with Crippen LogP contribution in [0.15, 0.2) is 0 Å². The normalized spacial score (nSPS) is 15.4. The van der Waals surface area contributed by atoms with Crippen LogP contribution in [0.4, 0.5) is 0 Å². The lowest BCUT2D eigenvalue weighted by atomic mass is 10.1. The molecule has 2 unspecified atom stereocenters. The highest BCUT2D eigenvalue weighted by Crippen LogP contribution is 2.04. The Labute approximate surface area is 89.4 Å². The molecular formula is C12H27NO. The van der Waals surface area contributed by atoms with Crippen molar-refractivity contribution in [2.75, 3.05) is 13.7 Å². The molecule has 0 aromatic heterocycles. The molecule has 2 nitrogen and oxygen atoms in total. The summed E-state index contributed by atoms with van der Waals surface area (Å²) in [6.07, 6.45) is 6.43. The van der Waals surface area contributed by atoms with Crippen molar-refractivity contribution in [1.29, 1.82) is 0 Å². The van der Waals surface area contributed by atoms with Gasteiger partial charge in [0, 0.05) is 19.2 Å². The van der Waals surface area contributed by atoms with Gasteiger partial charge >= 0.3 is 0 Å². The SMILES string of the molecule is CCCCCC(C)NC(CC)COC. The molecule has 0 fully saturated rings. The van der Waals surface area contributed by atoms with E-state index in [0.29, 0.717) is 12.1 Å². The third-order valence-corrected chi connectivity index (χ3v) is 2.62. The number of unbranched alkanes of at least 4 members (excludes halogenated alkanes) is 2. The summed E-state index contributed by atoms with van der Waals surface area (Å²) in [7, 11) is 1.77. The van der Waals surface area contributed by atoms with Crippen LogP contribution in [0, 0.1) is 0 Å². The molecule has 2 atom stereocenters. The van der Waals surface area contributed by atoms with Crippen molar-refractivity contribution in [2.45, 2.75) is 65.0 Å². The molecule has 0 bridgehead atoms.